The first-order valence-corrected chi connectivity index (χ1v) is 8.66. The van der Waals surface area contributed by atoms with Crippen molar-refractivity contribution >= 4 is 5.95 Å². The van der Waals surface area contributed by atoms with Gasteiger partial charge in [-0.1, -0.05) is 6.92 Å². The van der Waals surface area contributed by atoms with Gasteiger partial charge in [0.2, 0.25) is 5.95 Å². The van der Waals surface area contributed by atoms with Gasteiger partial charge in [-0.2, -0.15) is 5.10 Å². The third kappa shape index (κ3) is 3.22. The van der Waals surface area contributed by atoms with E-state index in [1.54, 1.807) is 0 Å². The molecule has 2 aliphatic rings. The van der Waals surface area contributed by atoms with E-state index < -0.39 is 0 Å². The Kier molecular flexibility index (Phi) is 3.99. The van der Waals surface area contributed by atoms with Crippen LogP contribution < -0.4 is 5.32 Å². The van der Waals surface area contributed by atoms with Crippen LogP contribution in [0.25, 0.3) is 0 Å². The molecule has 2 N–H and O–H groups in total. The summed E-state index contributed by atoms with van der Waals surface area (Å²) in [4.78, 5) is 11.3. The first kappa shape index (κ1) is 14.6. The van der Waals surface area contributed by atoms with Crippen LogP contribution in [0.15, 0.2) is 12.4 Å². The van der Waals surface area contributed by atoms with Crippen molar-refractivity contribution in [2.45, 2.75) is 51.6 Å². The number of hydrogen-bond acceptors (Lipinski definition) is 5. The third-order valence-corrected chi connectivity index (χ3v) is 4.65. The fourth-order valence-electron chi connectivity index (χ4n) is 3.23. The number of nitrogens with one attached hydrogen (secondary N) is 2. The summed E-state index contributed by atoms with van der Waals surface area (Å²) in [6.07, 6.45) is 8.63. The van der Waals surface area contributed by atoms with Crippen molar-refractivity contribution in [2.75, 3.05) is 18.4 Å². The zero-order chi connectivity index (χ0) is 15.6. The largest absolute Gasteiger partial charge is 0.354 e. The molecule has 0 aromatic carbocycles. The van der Waals surface area contributed by atoms with Crippen LogP contribution in [0, 0.1) is 0 Å². The Morgan fingerprint density at radius 3 is 2.87 bits per heavy atom. The molecule has 6 heteroatoms. The highest BCUT2D eigenvalue weighted by atomic mass is 15.2. The normalized spacial score (nSPS) is 18.0. The average Bonchev–Trinajstić information content (AvgIpc) is 3.34. The highest BCUT2D eigenvalue weighted by molar-refractivity contribution is 5.32. The second-order valence-electron chi connectivity index (χ2n) is 6.64. The predicted octanol–water partition coefficient (Wildman–Crippen LogP) is 2.46. The maximum atomic E-state index is 4.56. The molecule has 0 atom stereocenters. The lowest BCUT2D eigenvalue weighted by Crippen LogP contribution is -2.30. The average molecular weight is 312 g/mol. The second-order valence-corrected chi connectivity index (χ2v) is 6.64. The molecule has 4 rings (SSSR count). The summed E-state index contributed by atoms with van der Waals surface area (Å²) in [5, 5.41) is 11.0. The molecule has 1 fully saturated rings. The van der Waals surface area contributed by atoms with E-state index in [9.17, 15) is 0 Å². The quantitative estimate of drug-likeness (QED) is 0.857. The van der Waals surface area contributed by atoms with Crippen LogP contribution in [0.5, 0.6) is 0 Å². The topological polar surface area (TPSA) is 69.7 Å². The van der Waals surface area contributed by atoms with Gasteiger partial charge in [0.25, 0.3) is 0 Å². The van der Waals surface area contributed by atoms with Crippen molar-refractivity contribution < 1.29 is 0 Å². The van der Waals surface area contributed by atoms with Crippen LogP contribution in [0.2, 0.25) is 0 Å². The minimum atomic E-state index is 0.710. The van der Waals surface area contributed by atoms with Crippen LogP contribution in [-0.4, -0.2) is 38.2 Å². The Balaban J connectivity index is 1.40. The summed E-state index contributed by atoms with van der Waals surface area (Å²) in [6.45, 7) is 6.02. The van der Waals surface area contributed by atoms with E-state index in [1.807, 2.05) is 12.4 Å². The van der Waals surface area contributed by atoms with Gasteiger partial charge in [0, 0.05) is 67.7 Å². The van der Waals surface area contributed by atoms with Crippen molar-refractivity contribution in [1.82, 2.24) is 25.1 Å². The minimum Gasteiger partial charge on any atom is -0.354 e. The summed E-state index contributed by atoms with van der Waals surface area (Å²) in [7, 11) is 0. The summed E-state index contributed by atoms with van der Waals surface area (Å²) in [6, 6.07) is 0. The molecule has 0 bridgehead atoms. The first-order chi connectivity index (χ1) is 11.3. The van der Waals surface area contributed by atoms with Crippen molar-refractivity contribution in [3.8, 4) is 0 Å². The van der Waals surface area contributed by atoms with Gasteiger partial charge in [0.15, 0.2) is 0 Å². The molecule has 0 amide bonds. The van der Waals surface area contributed by atoms with Crippen molar-refractivity contribution in [3.05, 3.63) is 34.9 Å². The monoisotopic (exact) mass is 312 g/mol. The molecule has 122 valence electrons. The van der Waals surface area contributed by atoms with Gasteiger partial charge in [-0.25, -0.2) is 9.97 Å². The molecule has 1 saturated carbocycles. The van der Waals surface area contributed by atoms with E-state index in [2.05, 4.69) is 37.3 Å². The van der Waals surface area contributed by atoms with Crippen molar-refractivity contribution in [3.63, 3.8) is 0 Å². The zero-order valence-electron chi connectivity index (χ0n) is 13.7. The van der Waals surface area contributed by atoms with Crippen LogP contribution in [-0.2, 0) is 19.5 Å². The van der Waals surface area contributed by atoms with E-state index in [1.165, 1.54) is 35.4 Å². The number of aromatic nitrogens is 4. The summed E-state index contributed by atoms with van der Waals surface area (Å²) < 4.78 is 0. The van der Waals surface area contributed by atoms with Crippen LogP contribution in [0.3, 0.4) is 0 Å². The Bertz CT molecular complexity index is 658. The van der Waals surface area contributed by atoms with Gasteiger partial charge in [0.1, 0.15) is 0 Å². The molecule has 0 saturated heterocycles. The lowest BCUT2D eigenvalue weighted by atomic mass is 10.0. The van der Waals surface area contributed by atoms with Gasteiger partial charge in [-0.3, -0.25) is 10.00 Å². The molecule has 1 aliphatic carbocycles. The zero-order valence-corrected chi connectivity index (χ0v) is 13.7. The van der Waals surface area contributed by atoms with Gasteiger partial charge < -0.3 is 5.32 Å². The van der Waals surface area contributed by atoms with Crippen molar-refractivity contribution in [2.24, 2.45) is 0 Å². The Hall–Kier alpha value is -1.95. The minimum absolute atomic E-state index is 0.710. The molecule has 1 aliphatic heterocycles. The number of aromatic amines is 1. The number of H-pyrrole nitrogens is 1. The highest BCUT2D eigenvalue weighted by Crippen LogP contribution is 2.42. The second kappa shape index (κ2) is 6.28. The molecule has 6 nitrogen and oxygen atoms in total. The highest BCUT2D eigenvalue weighted by Gasteiger charge is 2.32. The van der Waals surface area contributed by atoms with E-state index in [0.29, 0.717) is 5.92 Å². The molecule has 0 radical (unpaired) electrons. The lowest BCUT2D eigenvalue weighted by Gasteiger charge is -2.26. The van der Waals surface area contributed by atoms with Crippen LogP contribution in [0.4, 0.5) is 5.95 Å². The van der Waals surface area contributed by atoms with Gasteiger partial charge in [-0.15, -0.1) is 0 Å². The standard InChI is InChI=1S/C17H24N6/c1-2-6-18-17-19-8-12(9-20-17)10-23-7-5-15-14(11-23)16(22-21-15)13-3-4-13/h8-9,13H,2-7,10-11H2,1H3,(H,21,22)(H,18,19,20). The van der Waals surface area contributed by atoms with Gasteiger partial charge >= 0.3 is 0 Å². The molecular weight excluding hydrogens is 288 g/mol. The van der Waals surface area contributed by atoms with Gasteiger partial charge in [0.05, 0.1) is 5.69 Å². The summed E-state index contributed by atoms with van der Waals surface area (Å²) in [5.41, 5.74) is 5.28. The van der Waals surface area contributed by atoms with E-state index in [0.717, 1.165) is 45.0 Å². The predicted molar refractivity (Wildman–Crippen MR) is 89.2 cm³/mol. The summed E-state index contributed by atoms with van der Waals surface area (Å²) in [5.74, 6) is 1.43. The molecule has 2 aromatic heterocycles. The summed E-state index contributed by atoms with van der Waals surface area (Å²) >= 11 is 0. The maximum Gasteiger partial charge on any atom is 0.222 e. The van der Waals surface area contributed by atoms with E-state index in [4.69, 9.17) is 0 Å². The number of hydrogen-bond donors (Lipinski definition) is 2. The van der Waals surface area contributed by atoms with Crippen LogP contribution in [0.1, 0.15) is 54.6 Å². The van der Waals surface area contributed by atoms with E-state index in [-0.39, 0.29) is 0 Å². The Morgan fingerprint density at radius 2 is 2.13 bits per heavy atom. The fourth-order valence-corrected chi connectivity index (χ4v) is 3.23. The molecule has 3 heterocycles. The first-order valence-electron chi connectivity index (χ1n) is 8.66. The fraction of sp³-hybridized carbons (Fsp3) is 0.588. The SMILES string of the molecule is CCCNc1ncc(CN2CCc3[nH]nc(C4CC4)c3C2)cn1. The number of nitrogens with zero attached hydrogens (tertiary/aromatic N) is 4. The van der Waals surface area contributed by atoms with E-state index >= 15 is 0 Å². The van der Waals surface area contributed by atoms with Crippen LogP contribution >= 0.6 is 0 Å². The lowest BCUT2D eigenvalue weighted by molar-refractivity contribution is 0.243. The number of anilines is 1. The number of rotatable bonds is 6. The molecule has 23 heavy (non-hydrogen) atoms. The smallest absolute Gasteiger partial charge is 0.222 e. The Morgan fingerprint density at radius 1 is 1.30 bits per heavy atom. The third-order valence-electron chi connectivity index (χ3n) is 4.65. The van der Waals surface area contributed by atoms with Gasteiger partial charge in [-0.05, 0) is 19.3 Å². The molecule has 2 aromatic rings. The molecular formula is C17H24N6. The van der Waals surface area contributed by atoms with Crippen molar-refractivity contribution in [1.29, 1.82) is 0 Å². The maximum absolute atomic E-state index is 4.56. The number of fused-ring (bicyclic) bond motifs is 1. The molecule has 0 unspecified atom stereocenters. The Labute approximate surface area is 136 Å². The molecule has 0 spiro atoms.